The van der Waals surface area contributed by atoms with Crippen LogP contribution in [0.2, 0.25) is 0 Å². The third-order valence-electron chi connectivity index (χ3n) is 20.6. The van der Waals surface area contributed by atoms with E-state index in [9.17, 15) is 119 Å². The van der Waals surface area contributed by atoms with Gasteiger partial charge in [-0.1, -0.05) is 55.5 Å². The third-order valence-corrected chi connectivity index (χ3v) is 20.6. The number of aryl methyl sites for hydroxylation is 1. The van der Waals surface area contributed by atoms with Gasteiger partial charge in [0.15, 0.2) is 33.9 Å². The Balaban J connectivity index is 0.000000140. The summed E-state index contributed by atoms with van der Waals surface area (Å²) >= 11 is 0. The maximum atomic E-state index is 13.6. The summed E-state index contributed by atoms with van der Waals surface area (Å²) in [6, 6.07) is 46.1. The molecular weight excluding hydrogens is 2040 g/mol. The van der Waals surface area contributed by atoms with E-state index in [4.69, 9.17) is 4.74 Å². The Morgan fingerprint density at radius 1 is 0.365 bits per heavy atom. The first-order valence-corrected chi connectivity index (χ1v) is 42.7. The molecule has 0 amide bonds. The molecule has 1 N–H and O–H groups in total. The highest BCUT2D eigenvalue weighted by atomic mass is 19.4. The number of aliphatic hydroxyl groups excluding tert-OH is 1. The fourth-order valence-electron chi connectivity index (χ4n) is 13.8. The van der Waals surface area contributed by atoms with Gasteiger partial charge in [0.05, 0.1) is 66.1 Å². The summed E-state index contributed by atoms with van der Waals surface area (Å²) in [7, 11) is 1.32. The molecule has 0 radical (unpaired) electrons. The van der Waals surface area contributed by atoms with Gasteiger partial charge in [-0.3, -0.25) is 14.1 Å². The zero-order chi connectivity index (χ0) is 107. The van der Waals surface area contributed by atoms with E-state index in [-0.39, 0.29) is 75.3 Å². The summed E-state index contributed by atoms with van der Waals surface area (Å²) in [6.07, 6.45) is -14.2. The highest BCUT2D eigenvalue weighted by molar-refractivity contribution is 5.68. The Labute approximate surface area is 812 Å². The van der Waals surface area contributed by atoms with Crippen molar-refractivity contribution >= 4 is 33.9 Å². The number of benzene rings is 6. The Hall–Kier alpha value is -16.1. The predicted octanol–water partition coefficient (Wildman–Crippen LogP) is 22.4. The molecule has 148 heavy (non-hydrogen) atoms. The number of hydrogen-bond acceptors (Lipinski definition) is 25. The zero-order valence-electron chi connectivity index (χ0n) is 76.5. The second-order valence-corrected chi connectivity index (χ2v) is 32.2. The molecule has 0 spiro atoms. The van der Waals surface area contributed by atoms with E-state index in [0.29, 0.717) is 101 Å². The minimum atomic E-state index is -4.91. The van der Waals surface area contributed by atoms with Gasteiger partial charge in [-0.25, -0.2) is 8.78 Å². The van der Waals surface area contributed by atoms with Crippen LogP contribution in [0.5, 0.6) is 23.0 Å². The lowest BCUT2D eigenvalue weighted by Gasteiger charge is -2.14. The van der Waals surface area contributed by atoms with Crippen molar-refractivity contribution in [2.45, 2.75) is 154 Å². The van der Waals surface area contributed by atoms with Gasteiger partial charge in [-0.15, -0.1) is 114 Å². The van der Waals surface area contributed by atoms with Crippen molar-refractivity contribution in [2.24, 2.45) is 0 Å². The van der Waals surface area contributed by atoms with Crippen LogP contribution in [0.25, 0.3) is 101 Å². The first kappa shape index (κ1) is 108. The maximum absolute atomic E-state index is 13.6. The molecule has 1 fully saturated rings. The van der Waals surface area contributed by atoms with Crippen LogP contribution in [0.4, 0.5) is 114 Å². The van der Waals surface area contributed by atoms with Crippen molar-refractivity contribution in [3.05, 3.63) is 264 Å². The monoisotopic (exact) mass is 2100 g/mol. The Kier molecular flexibility index (Phi) is 30.9. The van der Waals surface area contributed by atoms with Gasteiger partial charge < -0.3 is 28.8 Å². The van der Waals surface area contributed by atoms with Crippen molar-refractivity contribution < 1.29 is 148 Å². The summed E-state index contributed by atoms with van der Waals surface area (Å²) in [5.74, 6) is -23.0. The normalized spacial score (nSPS) is 13.5. The minimum Gasteiger partial charge on any atom is -0.435 e. The number of halogens is 26. The number of aliphatic hydroxyl groups is 1. The molecule has 1 saturated carbocycles. The van der Waals surface area contributed by atoms with Crippen LogP contribution in [0.15, 0.2) is 207 Å². The fraction of sp³-hybridized carbons (Fsp3) is 0.275. The van der Waals surface area contributed by atoms with Crippen LogP contribution < -0.4 is 18.9 Å². The zero-order valence-corrected chi connectivity index (χ0v) is 76.5. The number of nitrogens with zero attached hydrogens (tertiary/aromatic N) is 24. The summed E-state index contributed by atoms with van der Waals surface area (Å²) in [6.45, 7) is 1.07. The van der Waals surface area contributed by atoms with Crippen molar-refractivity contribution in [1.82, 2.24) is 119 Å². The van der Waals surface area contributed by atoms with Crippen LogP contribution in [0, 0.1) is 0 Å². The Bertz CT molecular complexity index is 7670. The molecule has 31 nitrogen and oxygen atoms in total. The van der Waals surface area contributed by atoms with E-state index in [1.165, 1.54) is 147 Å². The molecule has 0 bridgehead atoms. The van der Waals surface area contributed by atoms with Gasteiger partial charge in [-0.05, 0) is 163 Å². The molecule has 1 aliphatic rings. The van der Waals surface area contributed by atoms with E-state index in [1.807, 2.05) is 11.3 Å². The lowest BCUT2D eigenvalue weighted by atomic mass is 10.1. The second kappa shape index (κ2) is 42.5. The number of methoxy groups -OCH3 is 1. The molecule has 12 heterocycles. The molecule has 1 atom stereocenters. The number of fused-ring (bicyclic) bond motifs is 6. The van der Waals surface area contributed by atoms with Crippen molar-refractivity contribution in [2.75, 3.05) is 7.11 Å². The number of hydrogen-bond donors (Lipinski definition) is 1. The Morgan fingerprint density at radius 2 is 0.689 bits per heavy atom. The largest absolute Gasteiger partial charge is 0.573 e. The van der Waals surface area contributed by atoms with Gasteiger partial charge in [0.25, 0.3) is 5.92 Å². The minimum absolute atomic E-state index is 0.00472. The van der Waals surface area contributed by atoms with Crippen LogP contribution >= 0.6 is 0 Å². The van der Waals surface area contributed by atoms with E-state index in [2.05, 4.69) is 115 Å². The summed E-state index contributed by atoms with van der Waals surface area (Å²) in [4.78, 5) is 4.27. The molecule has 0 saturated heterocycles. The van der Waals surface area contributed by atoms with Crippen LogP contribution in [0.3, 0.4) is 0 Å². The van der Waals surface area contributed by atoms with E-state index in [1.54, 1.807) is 54.9 Å². The van der Waals surface area contributed by atoms with Gasteiger partial charge in [-0.2, -0.15) is 101 Å². The first-order valence-electron chi connectivity index (χ1n) is 42.7. The van der Waals surface area contributed by atoms with E-state index in [0.717, 1.165) is 60.3 Å². The van der Waals surface area contributed by atoms with E-state index >= 15 is 0 Å². The highest BCUT2D eigenvalue weighted by Crippen LogP contribution is 2.56. The van der Waals surface area contributed by atoms with Gasteiger partial charge >= 0.3 is 61.7 Å². The molecule has 19 rings (SSSR count). The Morgan fingerprint density at radius 3 is 1.02 bits per heavy atom. The summed E-state index contributed by atoms with van der Waals surface area (Å²) in [5.41, 5.74) is 7.54. The van der Waals surface area contributed by atoms with Crippen molar-refractivity contribution in [3.8, 4) is 90.5 Å². The number of aromatic nitrogens is 24. The number of rotatable bonds is 24. The molecule has 57 heteroatoms. The molecule has 778 valence electrons. The summed E-state index contributed by atoms with van der Waals surface area (Å²) in [5, 5.41) is 73.2. The maximum Gasteiger partial charge on any atom is 0.573 e. The molecule has 12 aromatic heterocycles. The average molecular weight is 2110 g/mol. The quantitative estimate of drug-likeness (QED) is 0.0549. The lowest BCUT2D eigenvalue weighted by molar-refractivity contribution is -0.330. The molecule has 18 aromatic rings. The van der Waals surface area contributed by atoms with E-state index < -0.39 is 127 Å². The van der Waals surface area contributed by atoms with Crippen LogP contribution in [0.1, 0.15) is 118 Å². The van der Waals surface area contributed by atoms with Crippen molar-refractivity contribution in [1.29, 1.82) is 0 Å². The molecule has 0 aliphatic heterocycles. The van der Waals surface area contributed by atoms with Gasteiger partial charge in [0.2, 0.25) is 29.1 Å². The fourth-order valence-corrected chi connectivity index (χ4v) is 13.8. The summed E-state index contributed by atoms with van der Waals surface area (Å²) < 4.78 is 364. The third kappa shape index (κ3) is 27.2. The standard InChI is InChI=1S/C16H13F5N4O2.C16H12F4N4.C15H11F5N4O2.C15H11F5N4O.C15H13F3N4O.C14H10F4N4O/c1-15(17,18)14-23-22-13-6-4-11(24-25(13)14)9-3-5-12(27-16(19,20)21)10(7-9)8-26-2;1-15(17,18)14-22-21-13-7-6-12(23-24(13)14)10-4-2-9(3-5-10)11-8-16(11,19)20;1-14(16,17)13-22-21-12-5-3-10(23-24(12)13)8-2-4-11(9(6-8)7-25)26-15(18,19)20;1-14(16,17)13-22-21-12-7-6-11(23-24(12)13)10-4-2-9(3-5-10)8-25-15(18,19)20;1-2-3-13-20-21-14-8-19-12(9-22(13)14)10-4-6-11(7-5-10)23-15(16,17)18;1-14(17,18)12-20-19-11-7-6-10(21-22(11)12)8-2-4-9(5-3-8)23-13(15)16/h3-7H,8H2,1-2H3;2-7,11H,8H2,1H3;2-6,25H,7H2,1H3;2-7H,8H2,1H3;4-9H,2-3H2,1H3;2-7,13H,1H3. The van der Waals surface area contributed by atoms with Crippen LogP contribution in [-0.4, -0.2) is 169 Å². The average Bonchev–Trinajstić information content (AvgIpc) is 1.60. The smallest absolute Gasteiger partial charge is 0.435 e. The topological polar surface area (TPSA) is 334 Å². The highest BCUT2D eigenvalue weighted by Gasteiger charge is 2.57. The SMILES string of the molecule is CC(F)(F)c1nnc2ccc(-c3ccc(C4CC4(F)F)cc3)nn12.CC(F)(F)c1nnc2ccc(-c3ccc(COC(F)(F)F)cc3)nn12.CC(F)(F)c1nnc2ccc(-c3ccc(OC(F)(F)F)c(CO)c3)nn12.CC(F)(F)c1nnc2ccc(-c3ccc(OC(F)F)cc3)nn12.CCCc1nnc2cnc(-c3ccc(OC(F)(F)F)cc3)cn12.COCc1cc(-c2ccc3nnc(C(C)(F)F)n3n2)ccc1OC(F)(F)F. The molecule has 6 aromatic carbocycles. The molecular formula is C91H70F26N24O7. The second-order valence-electron chi connectivity index (χ2n) is 32.2. The molecule has 1 unspecified atom stereocenters. The number of alkyl halides is 26. The molecule has 1 aliphatic carbocycles. The lowest BCUT2D eigenvalue weighted by Crippen LogP contribution is -2.18. The van der Waals surface area contributed by atoms with Gasteiger partial charge in [0.1, 0.15) is 28.8 Å². The van der Waals surface area contributed by atoms with Crippen molar-refractivity contribution in [3.63, 3.8) is 0 Å². The number of ether oxygens (including phenoxy) is 6. The first-order chi connectivity index (χ1) is 69.4. The van der Waals surface area contributed by atoms with Crippen LogP contribution in [-0.2, 0) is 65.3 Å². The van der Waals surface area contributed by atoms with Gasteiger partial charge in [0, 0.05) is 105 Å². The predicted molar refractivity (Wildman–Crippen MR) is 466 cm³/mol.